The van der Waals surface area contributed by atoms with Crippen molar-refractivity contribution in [2.45, 2.75) is 19.0 Å². The summed E-state index contributed by atoms with van der Waals surface area (Å²) in [7, 11) is 0. The summed E-state index contributed by atoms with van der Waals surface area (Å²) in [4.78, 5) is 0. The Kier molecular flexibility index (Phi) is 3.07. The van der Waals surface area contributed by atoms with Gasteiger partial charge in [0.15, 0.2) is 6.29 Å². The first-order valence-electron chi connectivity index (χ1n) is 6.88. The number of hydrogen-bond donors (Lipinski definition) is 0. The van der Waals surface area contributed by atoms with Crippen LogP contribution in [0.1, 0.15) is 5.56 Å². The maximum absolute atomic E-state index is 5.85. The molecule has 4 heteroatoms. The minimum Gasteiger partial charge on any atom is -0.490 e. The molecule has 2 unspecified atom stereocenters. The third-order valence-electron chi connectivity index (χ3n) is 3.53. The van der Waals surface area contributed by atoms with Gasteiger partial charge in [0.25, 0.3) is 0 Å². The average Bonchev–Trinajstić information content (AvgIpc) is 3.37. The summed E-state index contributed by atoms with van der Waals surface area (Å²) in [6, 6.07) is 12.3. The van der Waals surface area contributed by atoms with Crippen LogP contribution in [0.4, 0.5) is 0 Å². The molecule has 104 valence electrons. The lowest BCUT2D eigenvalue weighted by atomic mass is 10.0. The molecule has 0 spiro atoms. The van der Waals surface area contributed by atoms with Crippen LogP contribution < -0.4 is 4.74 Å². The van der Waals surface area contributed by atoms with Gasteiger partial charge in [-0.3, -0.25) is 0 Å². The first-order valence-corrected chi connectivity index (χ1v) is 6.88. The molecule has 2 heterocycles. The molecule has 2 fully saturated rings. The van der Waals surface area contributed by atoms with Crippen LogP contribution in [0, 0.1) is 0 Å². The lowest BCUT2D eigenvalue weighted by molar-refractivity contribution is 0.0392. The molecule has 0 radical (unpaired) electrons. The molecule has 4 rings (SSSR count). The van der Waals surface area contributed by atoms with Crippen molar-refractivity contribution in [3.63, 3.8) is 0 Å². The summed E-state index contributed by atoms with van der Waals surface area (Å²) < 4.78 is 21.7. The maximum atomic E-state index is 5.85. The maximum Gasteiger partial charge on any atom is 0.181 e. The van der Waals surface area contributed by atoms with E-state index >= 15 is 0 Å². The number of ether oxygens (including phenoxy) is 4. The number of benzene rings is 2. The van der Waals surface area contributed by atoms with Gasteiger partial charge in [0.1, 0.15) is 25.1 Å². The Hall–Kier alpha value is -1.62. The van der Waals surface area contributed by atoms with Gasteiger partial charge in [0, 0.05) is 5.39 Å². The molecule has 0 amide bonds. The van der Waals surface area contributed by atoms with Crippen molar-refractivity contribution in [1.82, 2.24) is 0 Å². The highest BCUT2D eigenvalue weighted by Crippen LogP contribution is 2.29. The van der Waals surface area contributed by atoms with Crippen LogP contribution in [0.25, 0.3) is 10.8 Å². The summed E-state index contributed by atoms with van der Waals surface area (Å²) in [5.41, 5.74) is 1.16. The van der Waals surface area contributed by atoms with Crippen LogP contribution in [-0.4, -0.2) is 32.2 Å². The molecular weight excluding hydrogens is 256 g/mol. The Morgan fingerprint density at radius 2 is 1.80 bits per heavy atom. The molecule has 2 aromatic rings. The van der Waals surface area contributed by atoms with E-state index in [1.165, 1.54) is 5.39 Å². The molecule has 2 aromatic carbocycles. The Balaban J connectivity index is 1.60. The van der Waals surface area contributed by atoms with E-state index in [-0.39, 0.29) is 12.4 Å². The van der Waals surface area contributed by atoms with E-state index < -0.39 is 0 Å². The van der Waals surface area contributed by atoms with Crippen molar-refractivity contribution < 1.29 is 18.9 Å². The Labute approximate surface area is 117 Å². The van der Waals surface area contributed by atoms with Gasteiger partial charge in [-0.05, 0) is 17.0 Å². The van der Waals surface area contributed by atoms with Crippen molar-refractivity contribution >= 4 is 10.8 Å². The Bertz CT molecular complexity index is 562. The SMILES string of the molecule is c1cc(OCC2CO2)c2cccc(COC3CO3)c2c1. The molecule has 0 saturated carbocycles. The van der Waals surface area contributed by atoms with E-state index in [1.54, 1.807) is 0 Å². The molecule has 2 aliphatic heterocycles. The van der Waals surface area contributed by atoms with Crippen LogP contribution in [0.15, 0.2) is 36.4 Å². The minimum absolute atomic E-state index is 0.0169. The van der Waals surface area contributed by atoms with Gasteiger partial charge < -0.3 is 18.9 Å². The Morgan fingerprint density at radius 3 is 2.60 bits per heavy atom. The van der Waals surface area contributed by atoms with Crippen molar-refractivity contribution in [2.24, 2.45) is 0 Å². The van der Waals surface area contributed by atoms with Crippen LogP contribution in [0.3, 0.4) is 0 Å². The predicted octanol–water partition coefficient (Wildman–Crippen LogP) is 2.49. The van der Waals surface area contributed by atoms with Gasteiger partial charge in [0.05, 0.1) is 13.2 Å². The van der Waals surface area contributed by atoms with Gasteiger partial charge in [-0.2, -0.15) is 0 Å². The van der Waals surface area contributed by atoms with Crippen LogP contribution >= 0.6 is 0 Å². The second-order valence-corrected chi connectivity index (χ2v) is 5.11. The third-order valence-corrected chi connectivity index (χ3v) is 3.53. The van der Waals surface area contributed by atoms with E-state index in [0.29, 0.717) is 19.8 Å². The van der Waals surface area contributed by atoms with Crippen molar-refractivity contribution in [1.29, 1.82) is 0 Å². The highest BCUT2D eigenvalue weighted by atomic mass is 16.8. The van der Waals surface area contributed by atoms with Gasteiger partial charge >= 0.3 is 0 Å². The third kappa shape index (κ3) is 2.63. The number of rotatable bonds is 6. The molecule has 2 aliphatic rings. The number of fused-ring (bicyclic) bond motifs is 1. The summed E-state index contributed by atoms with van der Waals surface area (Å²) in [6.07, 6.45) is 0.250. The first kappa shape index (κ1) is 12.1. The van der Waals surface area contributed by atoms with E-state index in [0.717, 1.165) is 23.3 Å². The van der Waals surface area contributed by atoms with Gasteiger partial charge in [-0.15, -0.1) is 0 Å². The zero-order chi connectivity index (χ0) is 13.4. The predicted molar refractivity (Wildman–Crippen MR) is 73.7 cm³/mol. The molecule has 4 nitrogen and oxygen atoms in total. The molecular formula is C16H16O4. The van der Waals surface area contributed by atoms with Crippen LogP contribution in [-0.2, 0) is 20.8 Å². The van der Waals surface area contributed by atoms with Gasteiger partial charge in [0.2, 0.25) is 0 Å². The van der Waals surface area contributed by atoms with E-state index in [2.05, 4.69) is 18.2 Å². The van der Waals surface area contributed by atoms with E-state index in [1.807, 2.05) is 18.2 Å². The summed E-state index contributed by atoms with van der Waals surface area (Å²) in [5, 5.41) is 2.29. The highest BCUT2D eigenvalue weighted by molar-refractivity contribution is 5.90. The first-order chi connectivity index (χ1) is 9.90. The Morgan fingerprint density at radius 1 is 1.00 bits per heavy atom. The molecule has 0 aliphatic carbocycles. The van der Waals surface area contributed by atoms with Gasteiger partial charge in [-0.1, -0.05) is 30.3 Å². The average molecular weight is 272 g/mol. The lowest BCUT2D eigenvalue weighted by Gasteiger charge is -2.11. The smallest absolute Gasteiger partial charge is 0.181 e. The van der Waals surface area contributed by atoms with Crippen molar-refractivity contribution in [3.8, 4) is 5.75 Å². The molecule has 0 aromatic heterocycles. The fourth-order valence-electron chi connectivity index (χ4n) is 2.26. The quantitative estimate of drug-likeness (QED) is 0.758. The molecule has 0 N–H and O–H groups in total. The zero-order valence-corrected chi connectivity index (χ0v) is 11.1. The van der Waals surface area contributed by atoms with Crippen LogP contribution in [0.5, 0.6) is 5.75 Å². The monoisotopic (exact) mass is 272 g/mol. The van der Waals surface area contributed by atoms with Crippen molar-refractivity contribution in [2.75, 3.05) is 19.8 Å². The molecule has 2 atom stereocenters. The highest BCUT2D eigenvalue weighted by Gasteiger charge is 2.24. The summed E-state index contributed by atoms with van der Waals surface area (Å²) >= 11 is 0. The normalized spacial score (nSPS) is 23.8. The number of epoxide rings is 2. The fourth-order valence-corrected chi connectivity index (χ4v) is 2.26. The molecule has 2 saturated heterocycles. The summed E-state index contributed by atoms with van der Waals surface area (Å²) in [6.45, 7) is 2.71. The fraction of sp³-hybridized carbons (Fsp3) is 0.375. The second-order valence-electron chi connectivity index (χ2n) is 5.11. The zero-order valence-electron chi connectivity index (χ0n) is 11.1. The van der Waals surface area contributed by atoms with Crippen molar-refractivity contribution in [3.05, 3.63) is 42.0 Å². The standard InChI is InChI=1S/C16H16O4/c1-3-11(7-19-16-10-20-16)13-4-2-6-15(14(13)5-1)18-9-12-8-17-12/h1-6,12,16H,7-10H2. The van der Waals surface area contributed by atoms with E-state index in [9.17, 15) is 0 Å². The topological polar surface area (TPSA) is 43.5 Å². The van der Waals surface area contributed by atoms with E-state index in [4.69, 9.17) is 18.9 Å². The van der Waals surface area contributed by atoms with Crippen LogP contribution in [0.2, 0.25) is 0 Å². The summed E-state index contributed by atoms with van der Waals surface area (Å²) in [5.74, 6) is 0.905. The number of hydrogen-bond acceptors (Lipinski definition) is 4. The second kappa shape index (κ2) is 5.05. The molecule has 0 bridgehead atoms. The minimum atomic E-state index is -0.0169. The lowest BCUT2D eigenvalue weighted by Crippen LogP contribution is -2.04. The molecule has 20 heavy (non-hydrogen) atoms. The van der Waals surface area contributed by atoms with Gasteiger partial charge in [-0.25, -0.2) is 0 Å². The largest absolute Gasteiger partial charge is 0.490 e.